The first kappa shape index (κ1) is 21.3. The molecule has 2 saturated heterocycles. The molecular weight excluding hydrogens is 431 g/mol. The fourth-order valence-corrected chi connectivity index (χ4v) is 4.70. The van der Waals surface area contributed by atoms with Crippen LogP contribution in [0.1, 0.15) is 30.3 Å². The van der Waals surface area contributed by atoms with Gasteiger partial charge in [0.1, 0.15) is 5.82 Å². The van der Waals surface area contributed by atoms with E-state index in [4.69, 9.17) is 16.3 Å². The van der Waals surface area contributed by atoms with Gasteiger partial charge in [0.15, 0.2) is 5.82 Å². The largest absolute Gasteiger partial charge is 0.376 e. The van der Waals surface area contributed by atoms with Crippen molar-refractivity contribution in [1.29, 1.82) is 0 Å². The number of halogens is 2. The van der Waals surface area contributed by atoms with Crippen LogP contribution >= 0.6 is 11.6 Å². The lowest BCUT2D eigenvalue weighted by molar-refractivity contribution is 0.0906. The summed E-state index contributed by atoms with van der Waals surface area (Å²) in [6, 6.07) is 14.5. The summed E-state index contributed by atoms with van der Waals surface area (Å²) in [5.41, 5.74) is 2.14. The van der Waals surface area contributed by atoms with Crippen molar-refractivity contribution in [3.8, 4) is 0 Å². The second-order valence-electron chi connectivity index (χ2n) is 8.31. The Morgan fingerprint density at radius 3 is 2.47 bits per heavy atom. The lowest BCUT2D eigenvalue weighted by Gasteiger charge is -2.40. The van der Waals surface area contributed by atoms with Gasteiger partial charge in [-0.1, -0.05) is 23.7 Å². The molecule has 0 aliphatic carbocycles. The van der Waals surface area contributed by atoms with Gasteiger partial charge in [0, 0.05) is 43.5 Å². The Bertz CT molecular complexity index is 1010. The van der Waals surface area contributed by atoms with Crippen LogP contribution in [0, 0.1) is 5.82 Å². The normalized spacial score (nSPS) is 20.6. The van der Waals surface area contributed by atoms with Gasteiger partial charge in [0.05, 0.1) is 18.7 Å². The van der Waals surface area contributed by atoms with Crippen molar-refractivity contribution in [1.82, 2.24) is 25.1 Å². The average molecular weight is 457 g/mol. The van der Waals surface area contributed by atoms with Crippen LogP contribution in [0.3, 0.4) is 0 Å². The molecule has 168 valence electrons. The zero-order chi connectivity index (χ0) is 21.9. The third kappa shape index (κ3) is 4.62. The summed E-state index contributed by atoms with van der Waals surface area (Å²) in [4.78, 5) is 4.69. The van der Waals surface area contributed by atoms with Gasteiger partial charge in [-0.2, -0.15) is 0 Å². The molecule has 2 fully saturated rings. The molecule has 3 aromatic rings. The maximum Gasteiger partial charge on any atom is 0.173 e. The highest BCUT2D eigenvalue weighted by atomic mass is 35.5. The van der Waals surface area contributed by atoms with E-state index in [1.165, 1.54) is 12.1 Å². The van der Waals surface area contributed by atoms with Crippen molar-refractivity contribution in [2.24, 2.45) is 0 Å². The van der Waals surface area contributed by atoms with E-state index in [9.17, 15) is 4.39 Å². The number of hydrogen-bond donors (Lipinski definition) is 0. The van der Waals surface area contributed by atoms with Crippen molar-refractivity contribution >= 4 is 17.3 Å². The standard InChI is InChI=1S/C23H26ClFN6O/c24-18-5-3-17(4-6-18)22(23-26-27-28-31(23)16-21-2-1-15-32-21)30-13-11-29(12-14-30)20-9-7-19(25)8-10-20/h3-10,21-22H,1-2,11-16H2/t21-,22+/m1/s1. The van der Waals surface area contributed by atoms with Crippen LogP contribution in [-0.4, -0.2) is 64.0 Å². The number of aromatic nitrogens is 4. The molecule has 0 unspecified atom stereocenters. The molecule has 0 amide bonds. The summed E-state index contributed by atoms with van der Waals surface area (Å²) in [6.07, 6.45) is 2.26. The summed E-state index contributed by atoms with van der Waals surface area (Å²) in [6.45, 7) is 4.79. The lowest BCUT2D eigenvalue weighted by atomic mass is 10.0. The van der Waals surface area contributed by atoms with Crippen LogP contribution in [0.4, 0.5) is 10.1 Å². The number of benzene rings is 2. The van der Waals surface area contributed by atoms with Crippen molar-refractivity contribution in [3.63, 3.8) is 0 Å². The predicted octanol–water partition coefficient (Wildman–Crippen LogP) is 3.56. The number of ether oxygens (including phenoxy) is 1. The molecule has 1 aromatic heterocycles. The molecule has 0 spiro atoms. The quantitative estimate of drug-likeness (QED) is 0.565. The highest BCUT2D eigenvalue weighted by molar-refractivity contribution is 6.30. The molecule has 0 N–H and O–H groups in total. The van der Waals surface area contributed by atoms with E-state index in [2.05, 4.69) is 25.3 Å². The van der Waals surface area contributed by atoms with Crippen molar-refractivity contribution < 1.29 is 9.13 Å². The number of piperazine rings is 1. The molecule has 2 atom stereocenters. The van der Waals surface area contributed by atoms with Crippen LogP contribution in [-0.2, 0) is 11.3 Å². The Kier molecular flexibility index (Phi) is 6.34. The van der Waals surface area contributed by atoms with Gasteiger partial charge in [-0.05, 0) is 65.2 Å². The zero-order valence-electron chi connectivity index (χ0n) is 17.8. The second kappa shape index (κ2) is 9.52. The number of anilines is 1. The Balaban J connectivity index is 1.38. The molecule has 3 heterocycles. The van der Waals surface area contributed by atoms with E-state index in [1.54, 1.807) is 0 Å². The van der Waals surface area contributed by atoms with Gasteiger partial charge in [0.2, 0.25) is 0 Å². The minimum absolute atomic E-state index is 0.0842. The Morgan fingerprint density at radius 1 is 1.03 bits per heavy atom. The molecule has 2 aromatic carbocycles. The highest BCUT2D eigenvalue weighted by Gasteiger charge is 2.31. The fraction of sp³-hybridized carbons (Fsp3) is 0.435. The van der Waals surface area contributed by atoms with Gasteiger partial charge in [0.25, 0.3) is 0 Å². The molecule has 0 radical (unpaired) electrons. The van der Waals surface area contributed by atoms with E-state index in [0.29, 0.717) is 11.6 Å². The Labute approximate surface area is 191 Å². The fourth-order valence-electron chi connectivity index (χ4n) is 4.58. The summed E-state index contributed by atoms with van der Waals surface area (Å²) < 4.78 is 21.0. The molecule has 0 bridgehead atoms. The first-order valence-corrected chi connectivity index (χ1v) is 11.4. The number of tetrazole rings is 1. The van der Waals surface area contributed by atoms with Gasteiger partial charge < -0.3 is 9.64 Å². The smallest absolute Gasteiger partial charge is 0.173 e. The van der Waals surface area contributed by atoms with Gasteiger partial charge >= 0.3 is 0 Å². The van der Waals surface area contributed by atoms with Crippen LogP contribution in [0.5, 0.6) is 0 Å². The van der Waals surface area contributed by atoms with Crippen molar-refractivity contribution in [3.05, 3.63) is 70.8 Å². The van der Waals surface area contributed by atoms with E-state index in [-0.39, 0.29) is 18.0 Å². The van der Waals surface area contributed by atoms with Crippen LogP contribution in [0.25, 0.3) is 0 Å². The Hall–Kier alpha value is -2.55. The molecule has 9 heteroatoms. The predicted molar refractivity (Wildman–Crippen MR) is 120 cm³/mol. The zero-order valence-corrected chi connectivity index (χ0v) is 18.5. The van der Waals surface area contributed by atoms with Crippen LogP contribution < -0.4 is 4.90 Å². The summed E-state index contributed by atoms with van der Waals surface area (Å²) in [7, 11) is 0. The Morgan fingerprint density at radius 2 is 1.78 bits per heavy atom. The van der Waals surface area contributed by atoms with Gasteiger partial charge in [-0.3, -0.25) is 4.90 Å². The molecule has 2 aliphatic heterocycles. The third-order valence-electron chi connectivity index (χ3n) is 6.26. The molecule has 32 heavy (non-hydrogen) atoms. The topological polar surface area (TPSA) is 59.3 Å². The second-order valence-corrected chi connectivity index (χ2v) is 8.74. The van der Waals surface area contributed by atoms with Crippen LogP contribution in [0.15, 0.2) is 48.5 Å². The van der Waals surface area contributed by atoms with E-state index in [0.717, 1.165) is 62.7 Å². The first-order valence-electron chi connectivity index (χ1n) is 11.0. The molecule has 0 saturated carbocycles. The van der Waals surface area contributed by atoms with E-state index < -0.39 is 0 Å². The van der Waals surface area contributed by atoms with E-state index >= 15 is 0 Å². The van der Waals surface area contributed by atoms with Crippen molar-refractivity contribution in [2.45, 2.75) is 31.5 Å². The lowest BCUT2D eigenvalue weighted by Crippen LogP contribution is -2.48. The van der Waals surface area contributed by atoms with Gasteiger partial charge in [-0.25, -0.2) is 9.07 Å². The minimum atomic E-state index is -0.215. The molecule has 2 aliphatic rings. The molecule has 7 nitrogen and oxygen atoms in total. The highest BCUT2D eigenvalue weighted by Crippen LogP contribution is 2.30. The number of rotatable bonds is 6. The maximum absolute atomic E-state index is 13.3. The molecular formula is C23H26ClFN6O. The van der Waals surface area contributed by atoms with Crippen LogP contribution in [0.2, 0.25) is 5.02 Å². The third-order valence-corrected chi connectivity index (χ3v) is 6.51. The minimum Gasteiger partial charge on any atom is -0.376 e. The summed E-state index contributed by atoms with van der Waals surface area (Å²) >= 11 is 6.16. The average Bonchev–Trinajstić information content (AvgIpc) is 3.49. The maximum atomic E-state index is 13.3. The SMILES string of the molecule is Fc1ccc(N2CCN([C@@H](c3ccc(Cl)cc3)c3nnnn3C[C@H]3CCCO3)CC2)cc1. The first-order chi connectivity index (χ1) is 15.7. The number of hydrogen-bond acceptors (Lipinski definition) is 6. The van der Waals surface area contributed by atoms with Gasteiger partial charge in [-0.15, -0.1) is 5.10 Å². The van der Waals surface area contributed by atoms with E-state index in [1.807, 2.05) is 41.1 Å². The summed E-state index contributed by atoms with van der Waals surface area (Å²) in [5, 5.41) is 13.4. The number of nitrogens with zero attached hydrogens (tertiary/aromatic N) is 6. The monoisotopic (exact) mass is 456 g/mol. The molecule has 5 rings (SSSR count). The summed E-state index contributed by atoms with van der Waals surface area (Å²) in [5.74, 6) is 0.603. The van der Waals surface area contributed by atoms with Crippen molar-refractivity contribution in [2.75, 3.05) is 37.7 Å².